The summed E-state index contributed by atoms with van der Waals surface area (Å²) in [7, 11) is -3.93. The zero-order valence-electron chi connectivity index (χ0n) is 16.7. The molecule has 5 nitrogen and oxygen atoms in total. The Balaban J connectivity index is 1.78. The van der Waals surface area contributed by atoms with Crippen LogP contribution in [0.3, 0.4) is 0 Å². The molecule has 1 aliphatic rings. The molecule has 0 unspecified atom stereocenters. The van der Waals surface area contributed by atoms with Crippen LogP contribution in [0.4, 0.5) is 0 Å². The molecule has 1 aliphatic heterocycles. The number of carbonyl (C=O) groups is 1. The van der Waals surface area contributed by atoms with Gasteiger partial charge in [-0.3, -0.25) is 0 Å². The molecular formula is C24H20ClNO4S. The molecule has 0 bridgehead atoms. The van der Waals surface area contributed by atoms with Crippen LogP contribution in [0.25, 0.3) is 6.08 Å². The van der Waals surface area contributed by atoms with Crippen molar-refractivity contribution in [2.75, 3.05) is 0 Å². The topological polar surface area (TPSA) is 72.5 Å². The Morgan fingerprint density at radius 1 is 0.935 bits per heavy atom. The molecule has 158 valence electrons. The van der Waals surface area contributed by atoms with Crippen molar-refractivity contribution in [3.63, 3.8) is 0 Å². The van der Waals surface area contributed by atoms with Crippen LogP contribution in [-0.2, 0) is 19.6 Å². The lowest BCUT2D eigenvalue weighted by Crippen LogP contribution is -2.38. The Morgan fingerprint density at radius 3 is 2.26 bits per heavy atom. The smallest absolute Gasteiger partial charge is 0.336 e. The van der Waals surface area contributed by atoms with Crippen molar-refractivity contribution in [2.45, 2.75) is 24.0 Å². The van der Waals surface area contributed by atoms with E-state index >= 15 is 0 Å². The fraction of sp³-hybridized carbons (Fsp3) is 0.125. The van der Waals surface area contributed by atoms with E-state index in [0.717, 1.165) is 11.1 Å². The first-order valence-electron chi connectivity index (χ1n) is 9.66. The second kappa shape index (κ2) is 8.67. The first kappa shape index (κ1) is 21.3. The standard InChI is InChI=1S/C24H20ClNO4S/c1-16-11-13-18(14-12-16)31(28,29)26-22-20(15-17-7-3-2-4-8-17)24(27)30-23(22)19-9-5-6-10-21(19)25/h2-15,22-23,26H,1H3/b20-15+/t22-,23+/m0/s1. The Bertz CT molecular complexity index is 1240. The Morgan fingerprint density at radius 2 is 1.58 bits per heavy atom. The van der Waals surface area contributed by atoms with Gasteiger partial charge >= 0.3 is 5.97 Å². The van der Waals surface area contributed by atoms with E-state index in [0.29, 0.717) is 10.6 Å². The van der Waals surface area contributed by atoms with Gasteiger partial charge in [0.1, 0.15) is 6.10 Å². The molecule has 0 spiro atoms. The minimum Gasteiger partial charge on any atom is -0.452 e. The van der Waals surface area contributed by atoms with Gasteiger partial charge in [-0.1, -0.05) is 77.8 Å². The van der Waals surface area contributed by atoms with Gasteiger partial charge in [-0.15, -0.1) is 0 Å². The van der Waals surface area contributed by atoms with Crippen LogP contribution in [0.15, 0.2) is 89.3 Å². The third kappa shape index (κ3) is 4.56. The monoisotopic (exact) mass is 453 g/mol. The second-order valence-electron chi connectivity index (χ2n) is 7.27. The molecule has 1 N–H and O–H groups in total. The molecule has 3 aromatic rings. The van der Waals surface area contributed by atoms with E-state index in [4.69, 9.17) is 16.3 Å². The fourth-order valence-corrected chi connectivity index (χ4v) is 4.90. The molecule has 0 amide bonds. The number of aryl methyl sites for hydroxylation is 1. The van der Waals surface area contributed by atoms with Crippen molar-refractivity contribution in [3.8, 4) is 0 Å². The molecule has 2 atom stereocenters. The minimum absolute atomic E-state index is 0.106. The molecule has 3 aromatic carbocycles. The second-order valence-corrected chi connectivity index (χ2v) is 9.39. The van der Waals surface area contributed by atoms with Crippen molar-refractivity contribution >= 4 is 33.7 Å². The summed E-state index contributed by atoms with van der Waals surface area (Å²) in [6.07, 6.45) is 0.748. The highest BCUT2D eigenvalue weighted by molar-refractivity contribution is 7.89. The van der Waals surface area contributed by atoms with Gasteiger partial charge in [-0.25, -0.2) is 13.2 Å². The molecule has 31 heavy (non-hydrogen) atoms. The molecule has 1 heterocycles. The lowest BCUT2D eigenvalue weighted by Gasteiger charge is -2.20. The van der Waals surface area contributed by atoms with Gasteiger partial charge in [0, 0.05) is 10.6 Å². The predicted molar refractivity (Wildman–Crippen MR) is 120 cm³/mol. The van der Waals surface area contributed by atoms with Gasteiger partial charge in [0.25, 0.3) is 0 Å². The summed E-state index contributed by atoms with van der Waals surface area (Å²) in [5.74, 6) is -0.592. The summed E-state index contributed by atoms with van der Waals surface area (Å²) in [5.41, 5.74) is 2.45. The Hall–Kier alpha value is -2.93. The largest absolute Gasteiger partial charge is 0.452 e. The first-order valence-corrected chi connectivity index (χ1v) is 11.5. The lowest BCUT2D eigenvalue weighted by molar-refractivity contribution is -0.139. The summed E-state index contributed by atoms with van der Waals surface area (Å²) in [6.45, 7) is 1.88. The van der Waals surface area contributed by atoms with Crippen molar-refractivity contribution in [3.05, 3.63) is 106 Å². The van der Waals surface area contributed by atoms with Crippen molar-refractivity contribution in [2.24, 2.45) is 0 Å². The SMILES string of the molecule is Cc1ccc(S(=O)(=O)N[C@H]2/C(=C\c3ccccc3)C(=O)O[C@@H]2c2ccccc2Cl)cc1. The third-order valence-electron chi connectivity index (χ3n) is 5.05. The zero-order chi connectivity index (χ0) is 22.0. The molecule has 4 rings (SSSR count). The van der Waals surface area contributed by atoms with Gasteiger partial charge in [-0.2, -0.15) is 4.72 Å². The molecule has 0 saturated carbocycles. The van der Waals surface area contributed by atoms with Gasteiger partial charge in [0.2, 0.25) is 10.0 Å². The van der Waals surface area contributed by atoms with Crippen molar-refractivity contribution in [1.29, 1.82) is 0 Å². The molecule has 0 radical (unpaired) electrons. The number of halogens is 1. The van der Waals surface area contributed by atoms with Crippen LogP contribution < -0.4 is 4.72 Å². The minimum atomic E-state index is -3.93. The summed E-state index contributed by atoms with van der Waals surface area (Å²) < 4.78 is 34.5. The van der Waals surface area contributed by atoms with Crippen LogP contribution in [0.5, 0.6) is 0 Å². The number of esters is 1. The summed E-state index contributed by atoms with van der Waals surface area (Å²) in [4.78, 5) is 12.9. The number of carbonyl (C=O) groups excluding carboxylic acids is 1. The van der Waals surface area contributed by atoms with Crippen molar-refractivity contribution < 1.29 is 17.9 Å². The first-order chi connectivity index (χ1) is 14.8. The van der Waals surface area contributed by atoms with Crippen LogP contribution in [0.1, 0.15) is 22.8 Å². The quantitative estimate of drug-likeness (QED) is 0.450. The predicted octanol–water partition coefficient (Wildman–Crippen LogP) is 4.68. The normalized spacial score (nSPS) is 20.1. The van der Waals surface area contributed by atoms with E-state index in [2.05, 4.69) is 4.72 Å². The molecule has 7 heteroatoms. The lowest BCUT2D eigenvalue weighted by atomic mass is 9.98. The highest BCUT2D eigenvalue weighted by Crippen LogP contribution is 2.38. The molecule has 0 aromatic heterocycles. The summed E-state index contributed by atoms with van der Waals surface area (Å²) >= 11 is 6.34. The van der Waals surface area contributed by atoms with Gasteiger partial charge in [0.15, 0.2) is 0 Å². The zero-order valence-corrected chi connectivity index (χ0v) is 18.2. The number of benzene rings is 3. The maximum atomic E-state index is 13.1. The van der Waals surface area contributed by atoms with Crippen LogP contribution >= 0.6 is 11.6 Å². The van der Waals surface area contributed by atoms with Gasteiger partial charge in [-0.05, 0) is 36.8 Å². The number of hydrogen-bond acceptors (Lipinski definition) is 4. The maximum Gasteiger partial charge on any atom is 0.336 e. The Kier molecular flexibility index (Phi) is 5.96. The maximum absolute atomic E-state index is 13.1. The van der Waals surface area contributed by atoms with Crippen LogP contribution in [0.2, 0.25) is 5.02 Å². The van der Waals surface area contributed by atoms with Gasteiger partial charge < -0.3 is 4.74 Å². The van der Waals surface area contributed by atoms with E-state index < -0.39 is 28.1 Å². The molecular weight excluding hydrogens is 434 g/mol. The number of cyclic esters (lactones) is 1. The number of nitrogens with one attached hydrogen (secondary N) is 1. The van der Waals surface area contributed by atoms with E-state index in [9.17, 15) is 13.2 Å². The number of rotatable bonds is 5. The highest BCUT2D eigenvalue weighted by Gasteiger charge is 2.44. The summed E-state index contributed by atoms with van der Waals surface area (Å²) in [6, 6.07) is 21.7. The van der Waals surface area contributed by atoms with E-state index in [1.54, 1.807) is 42.5 Å². The van der Waals surface area contributed by atoms with E-state index in [1.165, 1.54) is 12.1 Å². The number of hydrogen-bond donors (Lipinski definition) is 1. The van der Waals surface area contributed by atoms with Gasteiger partial charge in [0.05, 0.1) is 16.5 Å². The molecule has 0 aliphatic carbocycles. The van der Waals surface area contributed by atoms with Crippen LogP contribution in [-0.4, -0.2) is 20.4 Å². The average Bonchev–Trinajstić information content (AvgIpc) is 3.04. The van der Waals surface area contributed by atoms with E-state index in [1.807, 2.05) is 37.3 Å². The summed E-state index contributed by atoms with van der Waals surface area (Å²) in [5, 5.41) is 0.390. The van der Waals surface area contributed by atoms with Crippen LogP contribution in [0, 0.1) is 6.92 Å². The average molecular weight is 454 g/mol. The number of ether oxygens (including phenoxy) is 1. The van der Waals surface area contributed by atoms with E-state index in [-0.39, 0.29) is 10.5 Å². The highest BCUT2D eigenvalue weighted by atomic mass is 35.5. The Labute approximate surface area is 186 Å². The van der Waals surface area contributed by atoms with Crippen molar-refractivity contribution in [1.82, 2.24) is 4.72 Å². The molecule has 1 fully saturated rings. The third-order valence-corrected chi connectivity index (χ3v) is 6.86. The number of sulfonamides is 1. The molecule has 1 saturated heterocycles. The fourth-order valence-electron chi connectivity index (χ4n) is 3.45.